The highest BCUT2D eigenvalue weighted by molar-refractivity contribution is 6.21. The van der Waals surface area contributed by atoms with Crippen LogP contribution < -0.4 is 5.32 Å². The summed E-state index contributed by atoms with van der Waals surface area (Å²) >= 11 is 0. The molecule has 3 saturated carbocycles. The molecule has 1 spiro atoms. The van der Waals surface area contributed by atoms with E-state index in [0.717, 1.165) is 31.1 Å². The molecule has 1 aromatic rings. The molecule has 1 N–H and O–H groups in total. The lowest BCUT2D eigenvalue weighted by Crippen LogP contribution is -2.55. The molecular weight excluding hydrogens is 312 g/mol. The minimum Gasteiger partial charge on any atom is -0.311 e. The van der Waals surface area contributed by atoms with Crippen LogP contribution in [0.25, 0.3) is 0 Å². The molecule has 25 heavy (non-hydrogen) atoms. The van der Waals surface area contributed by atoms with Crippen LogP contribution in [-0.2, 0) is 0 Å². The molecule has 1 heterocycles. The van der Waals surface area contributed by atoms with Crippen LogP contribution in [0.2, 0.25) is 0 Å². The van der Waals surface area contributed by atoms with Crippen molar-refractivity contribution >= 4 is 11.8 Å². The Morgan fingerprint density at radius 2 is 1.48 bits per heavy atom. The lowest BCUT2D eigenvalue weighted by atomic mass is 9.54. The van der Waals surface area contributed by atoms with Gasteiger partial charge in [-0.05, 0) is 68.9 Å². The zero-order valence-corrected chi connectivity index (χ0v) is 14.7. The minimum absolute atomic E-state index is 0.0739. The van der Waals surface area contributed by atoms with Crippen molar-refractivity contribution in [1.29, 1.82) is 0 Å². The third kappa shape index (κ3) is 2.45. The van der Waals surface area contributed by atoms with Gasteiger partial charge in [-0.3, -0.25) is 14.5 Å². The Hall–Kier alpha value is -1.68. The summed E-state index contributed by atoms with van der Waals surface area (Å²) in [6.07, 6.45) is 11.1. The van der Waals surface area contributed by atoms with Crippen molar-refractivity contribution < 1.29 is 9.59 Å². The summed E-state index contributed by atoms with van der Waals surface area (Å²) in [4.78, 5) is 26.8. The number of hydrogen-bond acceptors (Lipinski definition) is 3. The second-order valence-corrected chi connectivity index (χ2v) is 8.66. The number of rotatable bonds is 3. The summed E-state index contributed by atoms with van der Waals surface area (Å²) < 4.78 is 0. The molecule has 1 aliphatic heterocycles. The first kappa shape index (κ1) is 15.6. The molecule has 0 saturated heterocycles. The number of amides is 2. The van der Waals surface area contributed by atoms with Crippen LogP contribution in [0, 0.1) is 5.41 Å². The van der Waals surface area contributed by atoms with Gasteiger partial charge in [-0.25, -0.2) is 0 Å². The molecule has 3 aliphatic carbocycles. The van der Waals surface area contributed by atoms with Crippen LogP contribution in [-0.4, -0.2) is 34.8 Å². The lowest BCUT2D eigenvalue weighted by Gasteiger charge is -2.55. The van der Waals surface area contributed by atoms with Gasteiger partial charge in [-0.1, -0.05) is 18.6 Å². The highest BCUT2D eigenvalue weighted by Crippen LogP contribution is 2.56. The molecule has 0 aromatic heterocycles. The third-order valence-corrected chi connectivity index (χ3v) is 7.13. The molecule has 1 aromatic carbocycles. The average Bonchev–Trinajstić information content (AvgIpc) is 2.81. The molecule has 132 valence electrons. The quantitative estimate of drug-likeness (QED) is 0.858. The van der Waals surface area contributed by atoms with Gasteiger partial charge >= 0.3 is 0 Å². The first-order chi connectivity index (χ1) is 12.2. The lowest BCUT2D eigenvalue weighted by molar-refractivity contribution is -0.00894. The summed E-state index contributed by atoms with van der Waals surface area (Å²) in [5.74, 6) is -0.189. The molecule has 0 radical (unpaired) electrons. The topological polar surface area (TPSA) is 49.4 Å². The van der Waals surface area contributed by atoms with E-state index in [2.05, 4.69) is 5.32 Å². The van der Waals surface area contributed by atoms with E-state index in [9.17, 15) is 9.59 Å². The Bertz CT molecular complexity index is 673. The van der Waals surface area contributed by atoms with Crippen LogP contribution in [0.3, 0.4) is 0 Å². The monoisotopic (exact) mass is 338 g/mol. The molecule has 4 heteroatoms. The maximum absolute atomic E-state index is 12.6. The van der Waals surface area contributed by atoms with Crippen LogP contribution in [0.5, 0.6) is 0 Å². The van der Waals surface area contributed by atoms with Crippen LogP contribution >= 0.6 is 0 Å². The van der Waals surface area contributed by atoms with Crippen molar-refractivity contribution in [2.24, 2.45) is 5.41 Å². The Labute approximate surface area is 149 Å². The van der Waals surface area contributed by atoms with E-state index in [1.54, 1.807) is 12.1 Å². The number of nitrogens with zero attached hydrogens (tertiary/aromatic N) is 1. The summed E-state index contributed by atoms with van der Waals surface area (Å²) in [5.41, 5.74) is 1.87. The van der Waals surface area contributed by atoms with Crippen molar-refractivity contribution in [2.45, 2.75) is 75.9 Å². The van der Waals surface area contributed by atoms with Gasteiger partial charge in [-0.15, -0.1) is 0 Å². The molecule has 0 bridgehead atoms. The Morgan fingerprint density at radius 1 is 0.880 bits per heavy atom. The predicted octanol–water partition coefficient (Wildman–Crippen LogP) is 3.52. The molecule has 4 aliphatic rings. The normalized spacial score (nSPS) is 31.0. The molecule has 0 unspecified atom stereocenters. The maximum Gasteiger partial charge on any atom is 0.261 e. The number of hydrogen-bond donors (Lipinski definition) is 1. The van der Waals surface area contributed by atoms with Crippen molar-refractivity contribution in [2.75, 3.05) is 0 Å². The predicted molar refractivity (Wildman–Crippen MR) is 95.4 cm³/mol. The summed E-state index contributed by atoms with van der Waals surface area (Å²) in [6, 6.07) is 8.56. The molecule has 0 atom stereocenters. The van der Waals surface area contributed by atoms with E-state index >= 15 is 0 Å². The Kier molecular flexibility index (Phi) is 3.53. The summed E-state index contributed by atoms with van der Waals surface area (Å²) in [7, 11) is 0. The van der Waals surface area contributed by atoms with E-state index in [1.807, 2.05) is 12.1 Å². The Morgan fingerprint density at radius 3 is 2.00 bits per heavy atom. The Balaban J connectivity index is 1.17. The number of carbonyl (C=O) groups is 2. The minimum atomic E-state index is -0.0945. The maximum atomic E-state index is 12.6. The second-order valence-electron chi connectivity index (χ2n) is 8.66. The van der Waals surface area contributed by atoms with Crippen molar-refractivity contribution in [3.63, 3.8) is 0 Å². The SMILES string of the molecule is O=C1c2ccccc2C(=O)N1C1CCC(NC2CC3(CCC3)C2)CC1. The molecule has 4 nitrogen and oxygen atoms in total. The standard InChI is InChI=1S/C21H26N2O2/c24-19-17-4-1-2-5-18(17)20(25)23(19)16-8-6-14(7-9-16)22-15-12-21(13-15)10-3-11-21/h1-2,4-5,14-16,22H,3,6-13H2. The highest BCUT2D eigenvalue weighted by Gasteiger charge is 2.48. The van der Waals surface area contributed by atoms with Crippen molar-refractivity contribution in [1.82, 2.24) is 10.2 Å². The van der Waals surface area contributed by atoms with Gasteiger partial charge in [0.15, 0.2) is 0 Å². The van der Waals surface area contributed by atoms with E-state index < -0.39 is 0 Å². The summed E-state index contributed by atoms with van der Waals surface area (Å²) in [5, 5.41) is 3.84. The fraction of sp³-hybridized carbons (Fsp3) is 0.619. The first-order valence-electron chi connectivity index (χ1n) is 9.88. The molecule has 5 rings (SSSR count). The average molecular weight is 338 g/mol. The van der Waals surface area contributed by atoms with Crippen LogP contribution in [0.15, 0.2) is 24.3 Å². The van der Waals surface area contributed by atoms with Gasteiger partial charge in [0.1, 0.15) is 0 Å². The van der Waals surface area contributed by atoms with Gasteiger partial charge in [0.05, 0.1) is 11.1 Å². The van der Waals surface area contributed by atoms with Gasteiger partial charge < -0.3 is 5.32 Å². The van der Waals surface area contributed by atoms with Crippen LogP contribution in [0.4, 0.5) is 0 Å². The molecule has 3 fully saturated rings. The first-order valence-corrected chi connectivity index (χ1v) is 9.88. The van der Waals surface area contributed by atoms with E-state index in [-0.39, 0.29) is 17.9 Å². The zero-order valence-electron chi connectivity index (χ0n) is 14.7. The highest BCUT2D eigenvalue weighted by atomic mass is 16.2. The third-order valence-electron chi connectivity index (χ3n) is 7.13. The number of imide groups is 1. The largest absolute Gasteiger partial charge is 0.311 e. The smallest absolute Gasteiger partial charge is 0.261 e. The molecule has 2 amide bonds. The number of nitrogens with one attached hydrogen (secondary N) is 1. The summed E-state index contributed by atoms with van der Waals surface area (Å²) in [6.45, 7) is 0. The van der Waals surface area contributed by atoms with Gasteiger partial charge in [-0.2, -0.15) is 0 Å². The fourth-order valence-corrected chi connectivity index (χ4v) is 5.56. The van der Waals surface area contributed by atoms with E-state index in [0.29, 0.717) is 23.2 Å². The molecular formula is C21H26N2O2. The van der Waals surface area contributed by atoms with Gasteiger partial charge in [0.25, 0.3) is 11.8 Å². The van der Waals surface area contributed by atoms with Crippen molar-refractivity contribution in [3.05, 3.63) is 35.4 Å². The van der Waals surface area contributed by atoms with Crippen molar-refractivity contribution in [3.8, 4) is 0 Å². The number of fused-ring (bicyclic) bond motifs is 1. The van der Waals surface area contributed by atoms with E-state index in [1.165, 1.54) is 37.0 Å². The number of carbonyl (C=O) groups excluding carboxylic acids is 2. The van der Waals surface area contributed by atoms with E-state index in [4.69, 9.17) is 0 Å². The van der Waals surface area contributed by atoms with Gasteiger partial charge in [0.2, 0.25) is 0 Å². The fourth-order valence-electron chi connectivity index (χ4n) is 5.56. The zero-order chi connectivity index (χ0) is 17.0. The number of benzene rings is 1. The van der Waals surface area contributed by atoms with Gasteiger partial charge in [0, 0.05) is 18.1 Å². The van der Waals surface area contributed by atoms with Crippen LogP contribution in [0.1, 0.15) is 78.5 Å². The second kappa shape index (κ2) is 5.66.